The molecule has 2 aliphatic rings. The Hall–Kier alpha value is -3.94. The molecule has 0 saturated carbocycles. The minimum absolute atomic E-state index is 0.130. The summed E-state index contributed by atoms with van der Waals surface area (Å²) in [5.41, 5.74) is 6.27. The monoisotopic (exact) mass is 523 g/mol. The smallest absolute Gasteiger partial charge is 0.258 e. The highest BCUT2D eigenvalue weighted by Crippen LogP contribution is 2.38. The van der Waals surface area contributed by atoms with E-state index in [2.05, 4.69) is 64.0 Å². The third-order valence-electron chi connectivity index (χ3n) is 7.38. The van der Waals surface area contributed by atoms with Gasteiger partial charge < -0.3 is 20.9 Å². The van der Waals surface area contributed by atoms with Crippen LogP contribution < -0.4 is 16.0 Å². The summed E-state index contributed by atoms with van der Waals surface area (Å²) < 4.78 is 0. The van der Waals surface area contributed by atoms with Crippen LogP contribution >= 0.6 is 0 Å². The minimum Gasteiger partial charge on any atom is -0.354 e. The van der Waals surface area contributed by atoms with Crippen molar-refractivity contribution in [2.24, 2.45) is 0 Å². The van der Waals surface area contributed by atoms with Crippen molar-refractivity contribution in [1.82, 2.24) is 15.1 Å². The van der Waals surface area contributed by atoms with Crippen LogP contribution in [0.5, 0.6) is 0 Å². The summed E-state index contributed by atoms with van der Waals surface area (Å²) in [6.07, 6.45) is 1.94. The van der Waals surface area contributed by atoms with Gasteiger partial charge in [0.25, 0.3) is 11.8 Å². The molecule has 0 spiro atoms. The maximum Gasteiger partial charge on any atom is 0.258 e. The van der Waals surface area contributed by atoms with Gasteiger partial charge in [-0.3, -0.25) is 14.5 Å². The zero-order valence-corrected chi connectivity index (χ0v) is 22.8. The second-order valence-electron chi connectivity index (χ2n) is 10.3. The van der Waals surface area contributed by atoms with Crippen LogP contribution in [0.1, 0.15) is 46.8 Å². The maximum atomic E-state index is 13.3. The third kappa shape index (κ3) is 6.38. The molecule has 2 amide bonds. The standard InChI is InChI=1S/C32H37N5O2/c1-3-4-16-33-31(38)25-12-15-28-27(21-25)29(32(39)35-28)30(24-8-6-5-7-9-24)34-26-13-10-23(11-14-26)22-37-19-17-36(2)18-20-37/h5-15,21,34H,3-4,16-20,22H2,1-2H3,(H,33,38)(H,35,39)/b30-29-. The summed E-state index contributed by atoms with van der Waals surface area (Å²) in [5.74, 6) is -0.318. The highest BCUT2D eigenvalue weighted by Gasteiger charge is 2.29. The Morgan fingerprint density at radius 2 is 1.67 bits per heavy atom. The Morgan fingerprint density at radius 3 is 2.38 bits per heavy atom. The van der Waals surface area contributed by atoms with Crippen molar-refractivity contribution in [3.8, 4) is 0 Å². The Kier molecular flexibility index (Phi) is 8.39. The normalized spacial score (nSPS) is 16.9. The van der Waals surface area contributed by atoms with Crippen LogP contribution in [-0.4, -0.2) is 61.4 Å². The van der Waals surface area contributed by atoms with E-state index >= 15 is 0 Å². The average Bonchev–Trinajstić information content (AvgIpc) is 3.29. The van der Waals surface area contributed by atoms with E-state index in [9.17, 15) is 9.59 Å². The molecule has 0 radical (unpaired) electrons. The predicted molar refractivity (Wildman–Crippen MR) is 158 cm³/mol. The van der Waals surface area contributed by atoms with E-state index in [1.54, 1.807) is 6.07 Å². The van der Waals surface area contributed by atoms with Crippen LogP contribution in [0.15, 0.2) is 72.8 Å². The molecular formula is C32H37N5O2. The molecule has 3 aromatic carbocycles. The number of nitrogens with zero attached hydrogens (tertiary/aromatic N) is 2. The summed E-state index contributed by atoms with van der Waals surface area (Å²) in [5, 5.41) is 9.49. The van der Waals surface area contributed by atoms with Crippen molar-refractivity contribution in [2.75, 3.05) is 50.4 Å². The number of anilines is 2. The van der Waals surface area contributed by atoms with Gasteiger partial charge in [0.05, 0.1) is 11.3 Å². The van der Waals surface area contributed by atoms with Crippen molar-refractivity contribution in [3.05, 3.63) is 95.1 Å². The van der Waals surface area contributed by atoms with Gasteiger partial charge in [-0.1, -0.05) is 55.8 Å². The summed E-state index contributed by atoms with van der Waals surface area (Å²) in [6, 6.07) is 23.7. The number of amides is 2. The minimum atomic E-state index is -0.188. The first kappa shape index (κ1) is 26.7. The van der Waals surface area contributed by atoms with Gasteiger partial charge in [0, 0.05) is 61.8 Å². The molecule has 0 bridgehead atoms. The topological polar surface area (TPSA) is 76.7 Å². The van der Waals surface area contributed by atoms with Gasteiger partial charge in [0.1, 0.15) is 0 Å². The lowest BCUT2D eigenvalue weighted by atomic mass is 9.98. The number of carbonyl (C=O) groups is 2. The van der Waals surface area contributed by atoms with Gasteiger partial charge >= 0.3 is 0 Å². The maximum absolute atomic E-state index is 13.3. The Labute approximate surface area is 230 Å². The Bertz CT molecular complexity index is 1340. The van der Waals surface area contributed by atoms with E-state index in [-0.39, 0.29) is 11.8 Å². The van der Waals surface area contributed by atoms with E-state index in [1.165, 1.54) is 5.56 Å². The van der Waals surface area contributed by atoms with Crippen LogP contribution in [0, 0.1) is 0 Å². The van der Waals surface area contributed by atoms with Crippen LogP contribution in [0.2, 0.25) is 0 Å². The highest BCUT2D eigenvalue weighted by molar-refractivity contribution is 6.37. The molecule has 3 N–H and O–H groups in total. The molecule has 3 aromatic rings. The molecular weight excluding hydrogens is 486 g/mol. The first-order valence-electron chi connectivity index (χ1n) is 13.8. The molecule has 7 heteroatoms. The SMILES string of the molecule is CCCCNC(=O)c1ccc2c(c1)/C(=C(/Nc1ccc(CN3CCN(C)CC3)cc1)c1ccccc1)C(=O)N2. The van der Waals surface area contributed by atoms with Crippen molar-refractivity contribution < 1.29 is 9.59 Å². The number of likely N-dealkylation sites (N-methyl/N-ethyl adjacent to an activating group) is 1. The Morgan fingerprint density at radius 1 is 0.923 bits per heavy atom. The summed E-state index contributed by atoms with van der Waals surface area (Å²) in [4.78, 5) is 30.9. The van der Waals surface area contributed by atoms with Gasteiger partial charge in [0.15, 0.2) is 0 Å². The second kappa shape index (κ2) is 12.3. The molecule has 2 aliphatic heterocycles. The Balaban J connectivity index is 1.44. The molecule has 0 aliphatic carbocycles. The second-order valence-corrected chi connectivity index (χ2v) is 10.3. The quantitative estimate of drug-likeness (QED) is 0.275. The fourth-order valence-electron chi connectivity index (χ4n) is 5.02. The number of unbranched alkanes of at least 4 members (excludes halogenated alkanes) is 1. The van der Waals surface area contributed by atoms with Crippen molar-refractivity contribution in [3.63, 3.8) is 0 Å². The van der Waals surface area contributed by atoms with Gasteiger partial charge in [-0.25, -0.2) is 0 Å². The molecule has 7 nitrogen and oxygen atoms in total. The lowest BCUT2D eigenvalue weighted by molar-refractivity contribution is -0.110. The zero-order valence-electron chi connectivity index (χ0n) is 22.8. The number of rotatable bonds is 9. The lowest BCUT2D eigenvalue weighted by Crippen LogP contribution is -2.43. The van der Waals surface area contributed by atoms with Crippen LogP contribution in [0.3, 0.4) is 0 Å². The molecule has 1 saturated heterocycles. The van der Waals surface area contributed by atoms with Crippen LogP contribution in [-0.2, 0) is 11.3 Å². The largest absolute Gasteiger partial charge is 0.354 e. The van der Waals surface area contributed by atoms with E-state index in [4.69, 9.17) is 0 Å². The average molecular weight is 524 g/mol. The zero-order chi connectivity index (χ0) is 27.2. The van der Waals surface area contributed by atoms with Crippen molar-refractivity contribution in [2.45, 2.75) is 26.3 Å². The molecule has 2 heterocycles. The number of nitrogens with one attached hydrogen (secondary N) is 3. The van der Waals surface area contributed by atoms with Gasteiger partial charge in [0.2, 0.25) is 0 Å². The van der Waals surface area contributed by atoms with Gasteiger partial charge in [-0.15, -0.1) is 0 Å². The molecule has 0 aromatic heterocycles. The van der Waals surface area contributed by atoms with Crippen molar-refractivity contribution >= 4 is 34.5 Å². The number of hydrogen-bond donors (Lipinski definition) is 3. The molecule has 5 rings (SSSR count). The van der Waals surface area contributed by atoms with Crippen LogP contribution in [0.25, 0.3) is 11.3 Å². The molecule has 1 fully saturated rings. The first-order valence-corrected chi connectivity index (χ1v) is 13.8. The fourth-order valence-corrected chi connectivity index (χ4v) is 5.02. The molecule has 39 heavy (non-hydrogen) atoms. The molecule has 0 unspecified atom stereocenters. The number of piperazine rings is 1. The van der Waals surface area contributed by atoms with E-state index in [1.807, 2.05) is 42.5 Å². The first-order chi connectivity index (χ1) is 19.0. The lowest BCUT2D eigenvalue weighted by Gasteiger charge is -2.32. The van der Waals surface area contributed by atoms with Gasteiger partial charge in [-0.05, 0) is 54.9 Å². The van der Waals surface area contributed by atoms with E-state index < -0.39 is 0 Å². The number of fused-ring (bicyclic) bond motifs is 1. The molecule has 202 valence electrons. The highest BCUT2D eigenvalue weighted by atomic mass is 16.2. The van der Waals surface area contributed by atoms with E-state index in [0.717, 1.165) is 62.4 Å². The number of benzene rings is 3. The van der Waals surface area contributed by atoms with E-state index in [0.29, 0.717) is 29.1 Å². The van der Waals surface area contributed by atoms with Gasteiger partial charge in [-0.2, -0.15) is 0 Å². The van der Waals surface area contributed by atoms with Crippen LogP contribution in [0.4, 0.5) is 11.4 Å². The summed E-state index contributed by atoms with van der Waals surface area (Å²) in [6.45, 7) is 8.00. The third-order valence-corrected chi connectivity index (χ3v) is 7.38. The molecule has 0 atom stereocenters. The number of carbonyl (C=O) groups excluding carboxylic acids is 2. The summed E-state index contributed by atoms with van der Waals surface area (Å²) in [7, 11) is 2.17. The predicted octanol–water partition coefficient (Wildman–Crippen LogP) is 4.90. The fraction of sp³-hybridized carbons (Fsp3) is 0.312. The number of hydrogen-bond acceptors (Lipinski definition) is 5. The van der Waals surface area contributed by atoms with Crippen molar-refractivity contribution in [1.29, 1.82) is 0 Å². The summed E-state index contributed by atoms with van der Waals surface area (Å²) >= 11 is 0.